The number of nitrogen functional groups attached to an aromatic ring is 1. The maximum atomic E-state index is 11.9. The van der Waals surface area contributed by atoms with E-state index in [0.717, 1.165) is 24.1 Å². The standard InChI is InChI=1S/C17H29N3O/c1-13(2)11-16(20(3)4)12-19-17(21)10-7-14-5-8-15(18)9-6-14/h5-6,8-9,13,16H,7,10-12,18H2,1-4H3,(H,19,21). The van der Waals surface area contributed by atoms with Crippen molar-refractivity contribution in [2.24, 2.45) is 5.92 Å². The van der Waals surface area contributed by atoms with Crippen molar-refractivity contribution in [1.29, 1.82) is 0 Å². The summed E-state index contributed by atoms with van der Waals surface area (Å²) in [7, 11) is 4.13. The van der Waals surface area contributed by atoms with E-state index in [0.29, 0.717) is 24.9 Å². The predicted molar refractivity (Wildman–Crippen MR) is 89.1 cm³/mol. The first-order chi connectivity index (χ1) is 9.88. The van der Waals surface area contributed by atoms with Gasteiger partial charge in [-0.25, -0.2) is 0 Å². The van der Waals surface area contributed by atoms with Crippen LogP contribution in [0.1, 0.15) is 32.3 Å². The third-order valence-corrected chi connectivity index (χ3v) is 3.63. The largest absolute Gasteiger partial charge is 0.399 e. The van der Waals surface area contributed by atoms with Crippen LogP contribution in [0.5, 0.6) is 0 Å². The van der Waals surface area contributed by atoms with Crippen LogP contribution in [-0.2, 0) is 11.2 Å². The Kier molecular flexibility index (Phi) is 7.23. The topological polar surface area (TPSA) is 58.4 Å². The Balaban J connectivity index is 2.34. The number of likely N-dealkylation sites (N-methyl/N-ethyl adjacent to an activating group) is 1. The SMILES string of the molecule is CC(C)CC(CNC(=O)CCc1ccc(N)cc1)N(C)C. The Hall–Kier alpha value is -1.55. The number of carbonyl (C=O) groups is 1. The van der Waals surface area contributed by atoms with E-state index in [-0.39, 0.29) is 5.91 Å². The maximum absolute atomic E-state index is 11.9. The van der Waals surface area contributed by atoms with E-state index in [2.05, 4.69) is 38.2 Å². The summed E-state index contributed by atoms with van der Waals surface area (Å²) in [6.45, 7) is 5.13. The van der Waals surface area contributed by atoms with Crippen LogP contribution < -0.4 is 11.1 Å². The van der Waals surface area contributed by atoms with E-state index in [1.807, 2.05) is 24.3 Å². The van der Waals surface area contributed by atoms with Crippen LogP contribution >= 0.6 is 0 Å². The molecule has 118 valence electrons. The highest BCUT2D eigenvalue weighted by atomic mass is 16.1. The molecule has 21 heavy (non-hydrogen) atoms. The van der Waals surface area contributed by atoms with Gasteiger partial charge in [-0.2, -0.15) is 0 Å². The molecule has 0 aliphatic rings. The fraction of sp³-hybridized carbons (Fsp3) is 0.588. The van der Waals surface area contributed by atoms with Crippen molar-refractivity contribution in [2.45, 2.75) is 39.2 Å². The first-order valence-electron chi connectivity index (χ1n) is 7.66. The van der Waals surface area contributed by atoms with Crippen LogP contribution in [-0.4, -0.2) is 37.5 Å². The number of amides is 1. The molecule has 1 aromatic carbocycles. The van der Waals surface area contributed by atoms with Gasteiger partial charge in [-0.05, 0) is 50.6 Å². The van der Waals surface area contributed by atoms with Crippen molar-refractivity contribution in [2.75, 3.05) is 26.4 Å². The first-order valence-corrected chi connectivity index (χ1v) is 7.66. The first kappa shape index (κ1) is 17.5. The quantitative estimate of drug-likeness (QED) is 0.723. The lowest BCUT2D eigenvalue weighted by Crippen LogP contribution is -2.41. The van der Waals surface area contributed by atoms with Gasteiger partial charge in [0.15, 0.2) is 0 Å². The molecule has 0 saturated heterocycles. The van der Waals surface area contributed by atoms with Crippen molar-refractivity contribution in [3.8, 4) is 0 Å². The summed E-state index contributed by atoms with van der Waals surface area (Å²) in [5.74, 6) is 0.742. The molecule has 1 aromatic rings. The molecule has 0 aromatic heterocycles. The van der Waals surface area contributed by atoms with E-state index in [4.69, 9.17) is 5.73 Å². The fourth-order valence-electron chi connectivity index (χ4n) is 2.28. The molecule has 0 aliphatic carbocycles. The number of aryl methyl sites for hydroxylation is 1. The minimum absolute atomic E-state index is 0.113. The molecule has 0 aliphatic heterocycles. The summed E-state index contributed by atoms with van der Waals surface area (Å²) in [5.41, 5.74) is 7.55. The van der Waals surface area contributed by atoms with Gasteiger partial charge in [-0.3, -0.25) is 4.79 Å². The molecule has 0 fully saturated rings. The molecule has 0 radical (unpaired) electrons. The van der Waals surface area contributed by atoms with Crippen LogP contribution in [0.2, 0.25) is 0 Å². The second-order valence-electron chi connectivity index (χ2n) is 6.29. The minimum atomic E-state index is 0.113. The summed E-state index contributed by atoms with van der Waals surface area (Å²) >= 11 is 0. The van der Waals surface area contributed by atoms with E-state index < -0.39 is 0 Å². The number of hydrogen-bond acceptors (Lipinski definition) is 3. The molecular weight excluding hydrogens is 262 g/mol. The van der Waals surface area contributed by atoms with Crippen molar-refractivity contribution in [3.63, 3.8) is 0 Å². The van der Waals surface area contributed by atoms with Gasteiger partial charge in [-0.1, -0.05) is 26.0 Å². The smallest absolute Gasteiger partial charge is 0.220 e. The number of nitrogens with two attached hydrogens (primary N) is 1. The number of carbonyl (C=O) groups excluding carboxylic acids is 1. The van der Waals surface area contributed by atoms with Crippen LogP contribution in [0.25, 0.3) is 0 Å². The number of anilines is 1. The van der Waals surface area contributed by atoms with Crippen LogP contribution in [0.15, 0.2) is 24.3 Å². The lowest BCUT2D eigenvalue weighted by molar-refractivity contribution is -0.121. The average molecular weight is 291 g/mol. The van der Waals surface area contributed by atoms with Crippen LogP contribution in [0, 0.1) is 5.92 Å². The average Bonchev–Trinajstić information content (AvgIpc) is 2.42. The number of hydrogen-bond donors (Lipinski definition) is 2. The molecule has 0 saturated carbocycles. The zero-order valence-corrected chi connectivity index (χ0v) is 13.7. The molecule has 0 heterocycles. The van der Waals surface area contributed by atoms with Gasteiger partial charge < -0.3 is 16.0 Å². The number of nitrogens with one attached hydrogen (secondary N) is 1. The monoisotopic (exact) mass is 291 g/mol. The molecule has 0 spiro atoms. The van der Waals surface area contributed by atoms with Crippen molar-refractivity contribution >= 4 is 11.6 Å². The second kappa shape index (κ2) is 8.67. The molecule has 1 amide bonds. The highest BCUT2D eigenvalue weighted by Crippen LogP contribution is 2.09. The zero-order chi connectivity index (χ0) is 15.8. The highest BCUT2D eigenvalue weighted by Gasteiger charge is 2.14. The molecule has 1 atom stereocenters. The van der Waals surface area contributed by atoms with E-state index in [9.17, 15) is 4.79 Å². The van der Waals surface area contributed by atoms with Crippen LogP contribution in [0.3, 0.4) is 0 Å². The molecule has 1 unspecified atom stereocenters. The van der Waals surface area contributed by atoms with Crippen molar-refractivity contribution in [1.82, 2.24) is 10.2 Å². The molecule has 4 nitrogen and oxygen atoms in total. The van der Waals surface area contributed by atoms with Crippen LogP contribution in [0.4, 0.5) is 5.69 Å². The molecule has 1 rings (SSSR count). The van der Waals surface area contributed by atoms with Gasteiger partial charge in [0.25, 0.3) is 0 Å². The fourth-order valence-corrected chi connectivity index (χ4v) is 2.28. The third kappa shape index (κ3) is 7.14. The van der Waals surface area contributed by atoms with Gasteiger partial charge in [0, 0.05) is 24.7 Å². The number of benzene rings is 1. The molecular formula is C17H29N3O. The summed E-state index contributed by atoms with van der Waals surface area (Å²) in [5, 5.41) is 3.05. The Morgan fingerprint density at radius 1 is 1.24 bits per heavy atom. The summed E-state index contributed by atoms with van der Waals surface area (Å²) in [6, 6.07) is 8.09. The summed E-state index contributed by atoms with van der Waals surface area (Å²) < 4.78 is 0. The lowest BCUT2D eigenvalue weighted by atomic mass is 10.0. The van der Waals surface area contributed by atoms with Crippen molar-refractivity contribution < 1.29 is 4.79 Å². The van der Waals surface area contributed by atoms with E-state index in [1.165, 1.54) is 0 Å². The van der Waals surface area contributed by atoms with Gasteiger partial charge in [0.1, 0.15) is 0 Å². The lowest BCUT2D eigenvalue weighted by Gasteiger charge is -2.26. The van der Waals surface area contributed by atoms with Crippen molar-refractivity contribution in [3.05, 3.63) is 29.8 Å². The Morgan fingerprint density at radius 2 is 1.86 bits per heavy atom. The normalized spacial score (nSPS) is 12.7. The predicted octanol–water partition coefficient (Wildman–Crippen LogP) is 2.29. The summed E-state index contributed by atoms with van der Waals surface area (Å²) in [6.07, 6.45) is 2.36. The van der Waals surface area contributed by atoms with Gasteiger partial charge >= 0.3 is 0 Å². The number of rotatable bonds is 8. The van der Waals surface area contributed by atoms with Gasteiger partial charge in [0.2, 0.25) is 5.91 Å². The highest BCUT2D eigenvalue weighted by molar-refractivity contribution is 5.76. The Labute approximate surface area is 128 Å². The molecule has 4 heteroatoms. The summed E-state index contributed by atoms with van der Waals surface area (Å²) in [4.78, 5) is 14.1. The molecule has 0 bridgehead atoms. The minimum Gasteiger partial charge on any atom is -0.399 e. The Morgan fingerprint density at radius 3 is 2.38 bits per heavy atom. The van der Waals surface area contributed by atoms with E-state index >= 15 is 0 Å². The van der Waals surface area contributed by atoms with E-state index in [1.54, 1.807) is 0 Å². The zero-order valence-electron chi connectivity index (χ0n) is 13.7. The van der Waals surface area contributed by atoms with Gasteiger partial charge in [0.05, 0.1) is 0 Å². The number of nitrogens with zero attached hydrogens (tertiary/aromatic N) is 1. The third-order valence-electron chi connectivity index (χ3n) is 3.63. The molecule has 3 N–H and O–H groups in total. The van der Waals surface area contributed by atoms with Gasteiger partial charge in [-0.15, -0.1) is 0 Å². The second-order valence-corrected chi connectivity index (χ2v) is 6.29. The maximum Gasteiger partial charge on any atom is 0.220 e. The Bertz CT molecular complexity index is 426.